The fourth-order valence-corrected chi connectivity index (χ4v) is 2.47. The number of para-hydroxylation sites is 2. The smallest absolute Gasteiger partial charge is 0.124 e. The molecule has 2 atom stereocenters. The molecule has 4 N–H and O–H groups in total. The lowest BCUT2D eigenvalue weighted by Crippen LogP contribution is -2.27. The molecular formula is C18H24N2O2. The molecule has 0 aliphatic carbocycles. The van der Waals surface area contributed by atoms with Crippen molar-refractivity contribution < 1.29 is 9.47 Å². The molecule has 0 aliphatic rings. The molecule has 0 aromatic heterocycles. The Morgan fingerprint density at radius 3 is 1.45 bits per heavy atom. The lowest BCUT2D eigenvalue weighted by Gasteiger charge is -2.24. The minimum absolute atomic E-state index is 0.371. The van der Waals surface area contributed by atoms with Crippen LogP contribution in [0.5, 0.6) is 11.5 Å². The molecule has 0 heterocycles. The Hall–Kier alpha value is -2.04. The number of hydrogen-bond donors (Lipinski definition) is 2. The van der Waals surface area contributed by atoms with Gasteiger partial charge in [0.1, 0.15) is 11.5 Å². The number of ether oxygens (including phenoxy) is 2. The first kappa shape index (κ1) is 16.3. The number of nitrogens with two attached hydrogens (primary N) is 2. The van der Waals surface area contributed by atoms with Gasteiger partial charge in [0.15, 0.2) is 0 Å². The van der Waals surface area contributed by atoms with Gasteiger partial charge in [-0.3, -0.25) is 0 Å². The van der Waals surface area contributed by atoms with E-state index in [1.165, 1.54) is 0 Å². The van der Waals surface area contributed by atoms with E-state index in [0.29, 0.717) is 13.2 Å². The Balaban J connectivity index is 2.31. The van der Waals surface area contributed by atoms with E-state index < -0.39 is 0 Å². The minimum atomic E-state index is -0.371. The van der Waals surface area contributed by atoms with E-state index in [0.717, 1.165) is 22.6 Å². The highest BCUT2D eigenvalue weighted by atomic mass is 16.5. The van der Waals surface area contributed by atoms with Gasteiger partial charge in [-0.2, -0.15) is 0 Å². The zero-order valence-corrected chi connectivity index (χ0v) is 13.2. The summed E-state index contributed by atoms with van der Waals surface area (Å²) in [5.74, 6) is 1.56. The number of benzene rings is 2. The van der Waals surface area contributed by atoms with Crippen molar-refractivity contribution in [3.8, 4) is 11.5 Å². The maximum atomic E-state index is 6.41. The molecule has 2 rings (SSSR count). The van der Waals surface area contributed by atoms with Gasteiger partial charge >= 0.3 is 0 Å². The van der Waals surface area contributed by atoms with Crippen LogP contribution >= 0.6 is 0 Å². The van der Waals surface area contributed by atoms with Gasteiger partial charge in [-0.15, -0.1) is 0 Å². The van der Waals surface area contributed by atoms with Crippen molar-refractivity contribution in [3.63, 3.8) is 0 Å². The van der Waals surface area contributed by atoms with Gasteiger partial charge in [-0.25, -0.2) is 0 Å². The predicted octanol–water partition coefficient (Wildman–Crippen LogP) is 3.18. The van der Waals surface area contributed by atoms with Crippen LogP contribution in [0.2, 0.25) is 0 Å². The molecule has 4 nitrogen and oxygen atoms in total. The average molecular weight is 300 g/mol. The van der Waals surface area contributed by atoms with Crippen LogP contribution in [-0.4, -0.2) is 13.2 Å². The van der Waals surface area contributed by atoms with Gasteiger partial charge in [-0.1, -0.05) is 36.4 Å². The first-order valence-corrected chi connectivity index (χ1v) is 7.63. The highest BCUT2D eigenvalue weighted by Crippen LogP contribution is 2.34. The molecule has 0 radical (unpaired) electrons. The maximum absolute atomic E-state index is 6.41. The lowest BCUT2D eigenvalue weighted by atomic mass is 9.93. The van der Waals surface area contributed by atoms with Crippen LogP contribution in [0.3, 0.4) is 0 Å². The van der Waals surface area contributed by atoms with E-state index in [1.54, 1.807) is 0 Å². The Labute approximate surface area is 132 Å². The number of hydrogen-bond acceptors (Lipinski definition) is 4. The zero-order chi connectivity index (χ0) is 15.9. The molecule has 4 heteroatoms. The summed E-state index contributed by atoms with van der Waals surface area (Å²) in [6, 6.07) is 14.8. The molecule has 0 fully saturated rings. The fourth-order valence-electron chi connectivity index (χ4n) is 2.47. The molecule has 0 spiro atoms. The van der Waals surface area contributed by atoms with Crippen LogP contribution < -0.4 is 20.9 Å². The summed E-state index contributed by atoms with van der Waals surface area (Å²) >= 11 is 0. The van der Waals surface area contributed by atoms with Crippen molar-refractivity contribution >= 4 is 0 Å². The summed E-state index contributed by atoms with van der Waals surface area (Å²) in [6.45, 7) is 5.09. The highest BCUT2D eigenvalue weighted by Gasteiger charge is 2.23. The summed E-state index contributed by atoms with van der Waals surface area (Å²) in [7, 11) is 0. The van der Waals surface area contributed by atoms with E-state index >= 15 is 0 Å². The van der Waals surface area contributed by atoms with Crippen molar-refractivity contribution in [3.05, 3.63) is 59.7 Å². The molecule has 2 unspecified atom stereocenters. The summed E-state index contributed by atoms with van der Waals surface area (Å²) in [5, 5.41) is 0. The van der Waals surface area contributed by atoms with Gasteiger partial charge in [0.05, 0.1) is 25.3 Å². The quantitative estimate of drug-likeness (QED) is 0.824. The molecule has 0 saturated carbocycles. The predicted molar refractivity (Wildman–Crippen MR) is 89.1 cm³/mol. The van der Waals surface area contributed by atoms with Gasteiger partial charge in [0, 0.05) is 11.1 Å². The van der Waals surface area contributed by atoms with Crippen LogP contribution in [0.4, 0.5) is 0 Å². The van der Waals surface area contributed by atoms with Crippen LogP contribution in [0.15, 0.2) is 48.5 Å². The van der Waals surface area contributed by atoms with Gasteiger partial charge in [-0.05, 0) is 26.0 Å². The zero-order valence-electron chi connectivity index (χ0n) is 13.2. The Morgan fingerprint density at radius 1 is 0.727 bits per heavy atom. The van der Waals surface area contributed by atoms with Crippen LogP contribution in [0, 0.1) is 0 Å². The monoisotopic (exact) mass is 300 g/mol. The lowest BCUT2D eigenvalue weighted by molar-refractivity contribution is 0.326. The Kier molecular flexibility index (Phi) is 5.81. The first-order chi connectivity index (χ1) is 10.7. The van der Waals surface area contributed by atoms with Crippen molar-refractivity contribution in [1.82, 2.24) is 0 Å². The standard InChI is InChI=1S/C18H24N2O2/c1-3-21-15-11-7-5-9-13(15)17(19)18(20)14-10-6-8-12-16(14)22-4-2/h5-12,17-18H,3-4,19-20H2,1-2H3. The molecule has 0 saturated heterocycles. The average Bonchev–Trinajstić information content (AvgIpc) is 2.55. The van der Waals surface area contributed by atoms with Crippen molar-refractivity contribution in [2.75, 3.05) is 13.2 Å². The SMILES string of the molecule is CCOc1ccccc1C(N)C(N)c1ccccc1OCC. The summed E-state index contributed by atoms with van der Waals surface area (Å²) < 4.78 is 11.3. The topological polar surface area (TPSA) is 70.5 Å². The molecule has 0 bridgehead atoms. The molecule has 0 amide bonds. The van der Waals surface area contributed by atoms with Crippen LogP contribution in [-0.2, 0) is 0 Å². The van der Waals surface area contributed by atoms with Crippen molar-refractivity contribution in [2.24, 2.45) is 11.5 Å². The van der Waals surface area contributed by atoms with E-state index in [2.05, 4.69) is 0 Å². The molecular weight excluding hydrogens is 276 g/mol. The minimum Gasteiger partial charge on any atom is -0.494 e. The number of rotatable bonds is 7. The summed E-state index contributed by atoms with van der Waals surface area (Å²) in [4.78, 5) is 0. The third-order valence-corrected chi connectivity index (χ3v) is 3.54. The molecule has 118 valence electrons. The Bertz CT molecular complexity index is 548. The summed E-state index contributed by atoms with van der Waals surface area (Å²) in [5.41, 5.74) is 14.6. The van der Waals surface area contributed by atoms with Crippen molar-refractivity contribution in [1.29, 1.82) is 0 Å². The van der Waals surface area contributed by atoms with Gasteiger partial charge in [0.25, 0.3) is 0 Å². The van der Waals surface area contributed by atoms with Crippen LogP contribution in [0.1, 0.15) is 37.1 Å². The maximum Gasteiger partial charge on any atom is 0.124 e. The van der Waals surface area contributed by atoms with Gasteiger partial charge in [0.2, 0.25) is 0 Å². The fraction of sp³-hybridized carbons (Fsp3) is 0.333. The molecule has 2 aromatic carbocycles. The highest BCUT2D eigenvalue weighted by molar-refractivity contribution is 5.42. The third-order valence-electron chi connectivity index (χ3n) is 3.54. The van der Waals surface area contributed by atoms with E-state index in [4.69, 9.17) is 20.9 Å². The normalized spacial score (nSPS) is 13.5. The largest absolute Gasteiger partial charge is 0.494 e. The second kappa shape index (κ2) is 7.82. The van der Waals surface area contributed by atoms with E-state index in [9.17, 15) is 0 Å². The molecule has 22 heavy (non-hydrogen) atoms. The second-order valence-corrected chi connectivity index (χ2v) is 4.99. The van der Waals surface area contributed by atoms with Crippen molar-refractivity contribution in [2.45, 2.75) is 25.9 Å². The van der Waals surface area contributed by atoms with E-state index in [-0.39, 0.29) is 12.1 Å². The first-order valence-electron chi connectivity index (χ1n) is 7.63. The molecule has 0 aliphatic heterocycles. The van der Waals surface area contributed by atoms with E-state index in [1.807, 2.05) is 62.4 Å². The molecule has 2 aromatic rings. The Morgan fingerprint density at radius 2 is 1.09 bits per heavy atom. The second-order valence-electron chi connectivity index (χ2n) is 4.99. The van der Waals surface area contributed by atoms with Gasteiger partial charge < -0.3 is 20.9 Å². The third kappa shape index (κ3) is 3.59. The summed E-state index contributed by atoms with van der Waals surface area (Å²) in [6.07, 6.45) is 0. The van der Waals surface area contributed by atoms with Crippen LogP contribution in [0.25, 0.3) is 0 Å².